The van der Waals surface area contributed by atoms with Crippen molar-refractivity contribution < 1.29 is 25.2 Å². The maximum Gasteiger partial charge on any atom is 0.151 e. The first-order chi connectivity index (χ1) is 8.14. The summed E-state index contributed by atoms with van der Waals surface area (Å²) in [7, 11) is 0. The van der Waals surface area contributed by atoms with Crippen LogP contribution in [0.25, 0.3) is 0 Å². The Morgan fingerprint density at radius 3 is 1.67 bits per heavy atom. The van der Waals surface area contributed by atoms with Gasteiger partial charge in [0, 0.05) is 0 Å². The van der Waals surface area contributed by atoms with Crippen molar-refractivity contribution >= 4 is 6.29 Å². The fourth-order valence-electron chi connectivity index (χ4n) is 2.32. The van der Waals surface area contributed by atoms with E-state index < -0.39 is 23.9 Å². The van der Waals surface area contributed by atoms with Crippen LogP contribution in [0.2, 0.25) is 0 Å². The van der Waals surface area contributed by atoms with Crippen LogP contribution in [0, 0.1) is 11.8 Å². The summed E-state index contributed by atoms with van der Waals surface area (Å²) in [5.41, 5.74) is -1.51. The molecule has 108 valence electrons. The Balaban J connectivity index is 4.99. The number of rotatable bonds is 8. The van der Waals surface area contributed by atoms with Gasteiger partial charge in [-0.15, -0.1) is 0 Å². The van der Waals surface area contributed by atoms with Gasteiger partial charge in [-0.2, -0.15) is 0 Å². The maximum absolute atomic E-state index is 10.5. The highest BCUT2D eigenvalue weighted by molar-refractivity contribution is 5.56. The van der Waals surface area contributed by atoms with Crippen LogP contribution in [0.3, 0.4) is 0 Å². The zero-order valence-electron chi connectivity index (χ0n) is 11.6. The normalized spacial score (nSPS) is 17.9. The van der Waals surface area contributed by atoms with Gasteiger partial charge in [-0.1, -0.05) is 27.7 Å². The van der Waals surface area contributed by atoms with Gasteiger partial charge in [-0.3, -0.25) is 0 Å². The molecule has 0 aromatic rings. The van der Waals surface area contributed by atoms with Crippen molar-refractivity contribution in [3.63, 3.8) is 0 Å². The molecule has 0 bridgehead atoms. The van der Waals surface area contributed by atoms with Crippen LogP contribution in [-0.2, 0) is 4.79 Å². The van der Waals surface area contributed by atoms with Gasteiger partial charge in [0.25, 0.3) is 0 Å². The molecule has 0 aromatic carbocycles. The quantitative estimate of drug-likeness (QED) is 0.465. The van der Waals surface area contributed by atoms with E-state index in [9.17, 15) is 25.2 Å². The van der Waals surface area contributed by atoms with Crippen molar-refractivity contribution in [1.29, 1.82) is 0 Å². The van der Waals surface area contributed by atoms with Gasteiger partial charge in [-0.25, -0.2) is 0 Å². The second kappa shape index (κ2) is 7.19. The summed E-state index contributed by atoms with van der Waals surface area (Å²) in [6.45, 7) is 7.56. The lowest BCUT2D eigenvalue weighted by molar-refractivity contribution is -0.166. The number of aliphatic hydroxyl groups excluding tert-OH is 3. The maximum atomic E-state index is 10.5. The third-order valence-corrected chi connectivity index (χ3v) is 2.89. The van der Waals surface area contributed by atoms with Crippen molar-refractivity contribution in [3.8, 4) is 0 Å². The summed E-state index contributed by atoms with van der Waals surface area (Å²) >= 11 is 0. The summed E-state index contributed by atoms with van der Waals surface area (Å²) in [6.07, 6.45) is -4.19. The van der Waals surface area contributed by atoms with Crippen molar-refractivity contribution in [2.75, 3.05) is 0 Å². The second-order valence-corrected chi connectivity index (χ2v) is 5.86. The van der Waals surface area contributed by atoms with Crippen molar-refractivity contribution in [2.24, 2.45) is 11.8 Å². The zero-order valence-corrected chi connectivity index (χ0v) is 11.6. The molecule has 0 radical (unpaired) electrons. The van der Waals surface area contributed by atoms with Crippen LogP contribution < -0.4 is 0 Å². The first kappa shape index (κ1) is 17.5. The van der Waals surface area contributed by atoms with Crippen molar-refractivity contribution in [3.05, 3.63) is 0 Å². The summed E-state index contributed by atoms with van der Waals surface area (Å²) in [5.74, 6) is 0.230. The molecule has 4 N–H and O–H groups in total. The lowest BCUT2D eigenvalue weighted by Gasteiger charge is -2.38. The third-order valence-electron chi connectivity index (χ3n) is 2.89. The van der Waals surface area contributed by atoms with Crippen molar-refractivity contribution in [1.82, 2.24) is 0 Å². The van der Waals surface area contributed by atoms with Crippen LogP contribution >= 0.6 is 0 Å². The summed E-state index contributed by atoms with van der Waals surface area (Å²) in [4.78, 5) is 10.4. The Morgan fingerprint density at radius 2 is 1.39 bits per heavy atom. The predicted octanol–water partition coefficient (Wildman–Crippen LogP) is 0.0913. The molecule has 0 aliphatic heterocycles. The second-order valence-electron chi connectivity index (χ2n) is 5.86. The number of hydrogen-bond acceptors (Lipinski definition) is 5. The SMILES string of the molecule is CC(C)CC(O)(CC(C)C)[C@@H](O)[C@H](O)[C@@H](O)C=O. The molecule has 0 aromatic heterocycles. The van der Waals surface area contributed by atoms with E-state index in [1.165, 1.54) is 0 Å². The van der Waals surface area contributed by atoms with Gasteiger partial charge in [0.05, 0.1) is 5.60 Å². The number of carbonyl (C=O) groups excluding carboxylic acids is 1. The standard InChI is InChI=1S/C13H26O5/c1-8(2)5-13(18,6-9(3)4)12(17)11(16)10(15)7-14/h7-12,15-18H,5-6H2,1-4H3/t10-,11+,12-/m0/s1. The minimum absolute atomic E-state index is 0.115. The average Bonchev–Trinajstić information content (AvgIpc) is 2.23. The van der Waals surface area contributed by atoms with E-state index >= 15 is 0 Å². The highest BCUT2D eigenvalue weighted by Gasteiger charge is 2.42. The van der Waals surface area contributed by atoms with E-state index in [2.05, 4.69) is 0 Å². The van der Waals surface area contributed by atoms with Gasteiger partial charge in [0.2, 0.25) is 0 Å². The molecule has 0 fully saturated rings. The Morgan fingerprint density at radius 1 is 1.00 bits per heavy atom. The van der Waals surface area contributed by atoms with E-state index in [-0.39, 0.29) is 31.0 Å². The molecule has 5 heteroatoms. The number of aliphatic hydroxyl groups is 4. The molecule has 0 unspecified atom stereocenters. The Labute approximate surface area is 108 Å². The summed E-state index contributed by atoms with van der Waals surface area (Å²) < 4.78 is 0. The first-order valence-electron chi connectivity index (χ1n) is 6.36. The minimum Gasteiger partial charge on any atom is -0.387 e. The predicted molar refractivity (Wildman–Crippen MR) is 67.9 cm³/mol. The molecule has 0 spiro atoms. The van der Waals surface area contributed by atoms with Crippen LogP contribution in [0.15, 0.2) is 0 Å². The molecule has 5 nitrogen and oxygen atoms in total. The van der Waals surface area contributed by atoms with Gasteiger partial charge in [0.1, 0.15) is 18.3 Å². The highest BCUT2D eigenvalue weighted by atomic mass is 16.4. The van der Waals surface area contributed by atoms with Gasteiger partial charge in [-0.05, 0) is 24.7 Å². The molecule has 18 heavy (non-hydrogen) atoms. The van der Waals surface area contributed by atoms with E-state index in [4.69, 9.17) is 0 Å². The molecule has 0 heterocycles. The van der Waals surface area contributed by atoms with Crippen molar-refractivity contribution in [2.45, 2.75) is 64.4 Å². The van der Waals surface area contributed by atoms with Gasteiger partial charge in [0.15, 0.2) is 6.29 Å². The van der Waals surface area contributed by atoms with E-state index in [1.807, 2.05) is 27.7 Å². The Kier molecular flexibility index (Phi) is 6.99. The molecule has 0 aliphatic rings. The van der Waals surface area contributed by atoms with E-state index in [1.54, 1.807) is 0 Å². The monoisotopic (exact) mass is 262 g/mol. The van der Waals surface area contributed by atoms with E-state index in [0.717, 1.165) is 0 Å². The summed E-state index contributed by atoms with van der Waals surface area (Å²) in [6, 6.07) is 0. The summed E-state index contributed by atoms with van der Waals surface area (Å²) in [5, 5.41) is 39.4. The van der Waals surface area contributed by atoms with Crippen LogP contribution in [0.5, 0.6) is 0 Å². The van der Waals surface area contributed by atoms with Gasteiger partial charge >= 0.3 is 0 Å². The number of hydrogen-bond donors (Lipinski definition) is 4. The molecule has 3 atom stereocenters. The van der Waals surface area contributed by atoms with Crippen LogP contribution in [-0.4, -0.2) is 50.6 Å². The topological polar surface area (TPSA) is 98.0 Å². The lowest BCUT2D eigenvalue weighted by atomic mass is 9.78. The number of aldehydes is 1. The molecule has 0 rings (SSSR count). The molecule has 0 aliphatic carbocycles. The Hall–Kier alpha value is -0.490. The molecule has 0 saturated heterocycles. The van der Waals surface area contributed by atoms with Gasteiger partial charge < -0.3 is 25.2 Å². The van der Waals surface area contributed by atoms with Crippen LogP contribution in [0.4, 0.5) is 0 Å². The molecule has 0 saturated carbocycles. The highest BCUT2D eigenvalue weighted by Crippen LogP contribution is 2.30. The first-order valence-corrected chi connectivity index (χ1v) is 6.36. The minimum atomic E-state index is -1.69. The molecule has 0 amide bonds. The van der Waals surface area contributed by atoms with Crippen LogP contribution in [0.1, 0.15) is 40.5 Å². The largest absolute Gasteiger partial charge is 0.387 e. The van der Waals surface area contributed by atoms with E-state index in [0.29, 0.717) is 0 Å². The third kappa shape index (κ3) is 5.02. The lowest BCUT2D eigenvalue weighted by Crippen LogP contribution is -2.54. The zero-order chi connectivity index (χ0) is 14.5. The fourth-order valence-corrected chi connectivity index (χ4v) is 2.32. The molecular weight excluding hydrogens is 236 g/mol. The Bertz CT molecular complexity index is 242. The molecular formula is C13H26O5. The fraction of sp³-hybridized carbons (Fsp3) is 0.923. The average molecular weight is 262 g/mol. The number of carbonyl (C=O) groups is 1. The smallest absolute Gasteiger partial charge is 0.151 e.